The molecular formula is C26H18Br2. The molecule has 4 aromatic rings. The van der Waals surface area contributed by atoms with Crippen molar-refractivity contribution in [3.63, 3.8) is 0 Å². The van der Waals surface area contributed by atoms with Gasteiger partial charge >= 0.3 is 0 Å². The van der Waals surface area contributed by atoms with E-state index in [9.17, 15) is 0 Å². The first-order valence-electron chi connectivity index (χ1n) is 9.10. The molecule has 0 bridgehead atoms. The number of rotatable bonds is 4. The number of hydrogen-bond donors (Lipinski definition) is 0. The molecule has 0 aliphatic carbocycles. The zero-order valence-corrected chi connectivity index (χ0v) is 18.3. The van der Waals surface area contributed by atoms with Gasteiger partial charge in [-0.3, -0.25) is 0 Å². The molecule has 0 radical (unpaired) electrons. The van der Waals surface area contributed by atoms with Gasteiger partial charge in [-0.2, -0.15) is 0 Å². The lowest BCUT2D eigenvalue weighted by Crippen LogP contribution is -1.98. The van der Waals surface area contributed by atoms with Crippen LogP contribution in [0.4, 0.5) is 0 Å². The van der Waals surface area contributed by atoms with Crippen molar-refractivity contribution in [1.29, 1.82) is 0 Å². The molecule has 0 aromatic heterocycles. The van der Waals surface area contributed by atoms with Crippen molar-refractivity contribution < 1.29 is 0 Å². The van der Waals surface area contributed by atoms with Gasteiger partial charge in [0.25, 0.3) is 0 Å². The largest absolute Gasteiger partial charge is 0.0622 e. The Balaban J connectivity index is 2.14. The van der Waals surface area contributed by atoms with Crippen LogP contribution in [0, 0.1) is 0 Å². The Hall–Kier alpha value is -2.42. The fourth-order valence-electron chi connectivity index (χ4n) is 3.40. The molecule has 0 atom stereocenters. The molecule has 0 aliphatic heterocycles. The summed E-state index contributed by atoms with van der Waals surface area (Å²) >= 11 is 7.49. The van der Waals surface area contributed by atoms with E-state index in [1.54, 1.807) is 0 Å². The lowest BCUT2D eigenvalue weighted by molar-refractivity contribution is 1.47. The first-order chi connectivity index (χ1) is 13.8. The van der Waals surface area contributed by atoms with Crippen LogP contribution in [0.25, 0.3) is 11.1 Å². The lowest BCUT2D eigenvalue weighted by atomic mass is 9.86. The van der Waals surface area contributed by atoms with Crippen LogP contribution < -0.4 is 0 Å². The van der Waals surface area contributed by atoms with E-state index in [0.29, 0.717) is 0 Å². The zero-order chi connectivity index (χ0) is 19.3. The van der Waals surface area contributed by atoms with E-state index in [-0.39, 0.29) is 0 Å². The van der Waals surface area contributed by atoms with E-state index in [1.165, 1.54) is 27.8 Å². The van der Waals surface area contributed by atoms with Crippen LogP contribution in [0.5, 0.6) is 0 Å². The molecule has 0 saturated heterocycles. The summed E-state index contributed by atoms with van der Waals surface area (Å²) in [6.45, 7) is 0. The van der Waals surface area contributed by atoms with Crippen LogP contribution in [0.15, 0.2) is 118 Å². The van der Waals surface area contributed by atoms with Crippen LogP contribution in [0.2, 0.25) is 0 Å². The summed E-state index contributed by atoms with van der Waals surface area (Å²) in [4.78, 5) is 0. The van der Waals surface area contributed by atoms with Gasteiger partial charge in [0.2, 0.25) is 0 Å². The smallest absolute Gasteiger partial charge is 0.0396 e. The standard InChI is InChI=1S/C26H18Br2/c27-23-18-10-17-22(26(23)28)25(21-15-8-3-9-16-21)24(19-11-4-1-5-12-19)20-13-6-2-7-14-20/h1-18H. The number of hydrogen-bond acceptors (Lipinski definition) is 0. The van der Waals surface area contributed by atoms with E-state index < -0.39 is 0 Å². The summed E-state index contributed by atoms with van der Waals surface area (Å²) in [5, 5.41) is 0. The molecule has 2 heteroatoms. The predicted molar refractivity (Wildman–Crippen MR) is 126 cm³/mol. The minimum Gasteiger partial charge on any atom is -0.0622 e. The Bertz CT molecular complexity index is 1060. The summed E-state index contributed by atoms with van der Waals surface area (Å²) in [5.74, 6) is 0. The normalized spacial score (nSPS) is 10.5. The zero-order valence-electron chi connectivity index (χ0n) is 15.1. The molecule has 0 heterocycles. The molecule has 0 nitrogen and oxygen atoms in total. The third-order valence-electron chi connectivity index (χ3n) is 4.66. The van der Waals surface area contributed by atoms with Crippen LogP contribution in [0.3, 0.4) is 0 Å². The molecule has 0 N–H and O–H groups in total. The monoisotopic (exact) mass is 488 g/mol. The molecule has 0 amide bonds. The molecule has 0 aliphatic rings. The summed E-state index contributed by atoms with van der Waals surface area (Å²) in [6.07, 6.45) is 0. The highest BCUT2D eigenvalue weighted by atomic mass is 79.9. The number of benzene rings is 4. The molecule has 136 valence electrons. The first-order valence-corrected chi connectivity index (χ1v) is 10.7. The van der Waals surface area contributed by atoms with Crippen molar-refractivity contribution in [1.82, 2.24) is 0 Å². The summed E-state index contributed by atoms with van der Waals surface area (Å²) in [5.41, 5.74) is 7.14. The fraction of sp³-hybridized carbons (Fsp3) is 0. The molecule has 0 unspecified atom stereocenters. The van der Waals surface area contributed by atoms with Gasteiger partial charge in [-0.05, 0) is 71.3 Å². The van der Waals surface area contributed by atoms with Crippen LogP contribution >= 0.6 is 31.9 Å². The van der Waals surface area contributed by atoms with E-state index in [4.69, 9.17) is 0 Å². The van der Waals surface area contributed by atoms with Gasteiger partial charge in [0.1, 0.15) is 0 Å². The second-order valence-corrected chi connectivity index (χ2v) is 8.10. The van der Waals surface area contributed by atoms with Crippen molar-refractivity contribution in [3.8, 4) is 0 Å². The molecule has 4 rings (SSSR count). The van der Waals surface area contributed by atoms with Gasteiger partial charge in [-0.1, -0.05) is 103 Å². The SMILES string of the molecule is Brc1cccc(C(=C(c2ccccc2)c2ccccc2)c2ccccc2)c1Br. The summed E-state index contributed by atoms with van der Waals surface area (Å²) in [6, 6.07) is 38.1. The minimum atomic E-state index is 1.04. The van der Waals surface area contributed by atoms with E-state index in [0.717, 1.165) is 14.5 Å². The molecule has 0 saturated carbocycles. The molecule has 0 spiro atoms. The first kappa shape index (κ1) is 18.9. The molecule has 28 heavy (non-hydrogen) atoms. The van der Waals surface area contributed by atoms with Crippen LogP contribution in [-0.4, -0.2) is 0 Å². The average molecular weight is 490 g/mol. The summed E-state index contributed by atoms with van der Waals surface area (Å²) < 4.78 is 2.09. The third kappa shape index (κ3) is 3.89. The van der Waals surface area contributed by atoms with Gasteiger partial charge in [0.05, 0.1) is 0 Å². The van der Waals surface area contributed by atoms with Gasteiger partial charge in [0.15, 0.2) is 0 Å². The second kappa shape index (κ2) is 8.72. The van der Waals surface area contributed by atoms with Gasteiger partial charge in [-0.25, -0.2) is 0 Å². The van der Waals surface area contributed by atoms with E-state index in [1.807, 2.05) is 0 Å². The van der Waals surface area contributed by atoms with E-state index >= 15 is 0 Å². The molecule has 4 aromatic carbocycles. The Morgan fingerprint density at radius 3 is 1.32 bits per heavy atom. The van der Waals surface area contributed by atoms with Gasteiger partial charge in [0, 0.05) is 8.95 Å². The summed E-state index contributed by atoms with van der Waals surface area (Å²) in [7, 11) is 0. The maximum absolute atomic E-state index is 3.81. The topological polar surface area (TPSA) is 0 Å². The van der Waals surface area contributed by atoms with Crippen molar-refractivity contribution in [2.24, 2.45) is 0 Å². The van der Waals surface area contributed by atoms with Crippen molar-refractivity contribution >= 4 is 43.0 Å². The fourth-order valence-corrected chi connectivity index (χ4v) is 4.23. The van der Waals surface area contributed by atoms with Crippen molar-refractivity contribution in [3.05, 3.63) is 140 Å². The van der Waals surface area contributed by atoms with Crippen LogP contribution in [0.1, 0.15) is 22.3 Å². The van der Waals surface area contributed by atoms with Crippen LogP contribution in [-0.2, 0) is 0 Å². The number of halogens is 2. The highest BCUT2D eigenvalue weighted by Gasteiger charge is 2.18. The lowest BCUT2D eigenvalue weighted by Gasteiger charge is -2.19. The highest BCUT2D eigenvalue weighted by Crippen LogP contribution is 2.41. The molecule has 0 fully saturated rings. The second-order valence-electron chi connectivity index (χ2n) is 6.45. The van der Waals surface area contributed by atoms with Crippen molar-refractivity contribution in [2.45, 2.75) is 0 Å². The van der Waals surface area contributed by atoms with Crippen molar-refractivity contribution in [2.75, 3.05) is 0 Å². The maximum Gasteiger partial charge on any atom is 0.0396 e. The quantitative estimate of drug-likeness (QED) is 0.253. The van der Waals surface area contributed by atoms with Gasteiger partial charge in [-0.15, -0.1) is 0 Å². The van der Waals surface area contributed by atoms with Gasteiger partial charge < -0.3 is 0 Å². The minimum absolute atomic E-state index is 1.04. The Morgan fingerprint density at radius 1 is 0.429 bits per heavy atom. The Kier molecular flexibility index (Phi) is 5.90. The average Bonchev–Trinajstić information content (AvgIpc) is 2.76. The Morgan fingerprint density at radius 2 is 0.857 bits per heavy atom. The Labute approximate surface area is 182 Å². The maximum atomic E-state index is 3.81. The van der Waals surface area contributed by atoms with E-state index in [2.05, 4.69) is 141 Å². The third-order valence-corrected chi connectivity index (χ3v) is 6.71. The molecular weight excluding hydrogens is 472 g/mol. The highest BCUT2D eigenvalue weighted by molar-refractivity contribution is 9.13. The predicted octanol–water partition coefficient (Wildman–Crippen LogP) is 8.22.